The molecule has 0 unspecified atom stereocenters. The number of fused-ring (bicyclic) bond motifs is 2. The molecule has 0 saturated heterocycles. The van der Waals surface area contributed by atoms with E-state index in [-0.39, 0.29) is 17.0 Å². The molecular weight excluding hydrogens is 304 g/mol. The second-order valence-corrected chi connectivity index (χ2v) is 6.70. The molecule has 0 atom stereocenters. The lowest BCUT2D eigenvalue weighted by Gasteiger charge is -2.16. The Morgan fingerprint density at radius 3 is 2.96 bits per heavy atom. The predicted octanol–water partition coefficient (Wildman–Crippen LogP) is 1.72. The van der Waals surface area contributed by atoms with Crippen LogP contribution in [-0.4, -0.2) is 20.7 Å². The lowest BCUT2D eigenvalue weighted by atomic mass is 9.95. The summed E-state index contributed by atoms with van der Waals surface area (Å²) in [4.78, 5) is 27.5. The molecule has 0 saturated carbocycles. The molecular formula is C18H22N4O2. The molecule has 0 spiro atoms. The average molecular weight is 326 g/mol. The van der Waals surface area contributed by atoms with Crippen molar-refractivity contribution in [3.63, 3.8) is 0 Å². The molecule has 126 valence electrons. The zero-order valence-electron chi connectivity index (χ0n) is 13.7. The Hall–Kier alpha value is -2.37. The van der Waals surface area contributed by atoms with Crippen molar-refractivity contribution in [3.05, 3.63) is 50.7 Å². The molecule has 4 rings (SSSR count). The van der Waals surface area contributed by atoms with Gasteiger partial charge in [-0.05, 0) is 56.6 Å². The van der Waals surface area contributed by atoms with Crippen LogP contribution in [0.5, 0.6) is 0 Å². The minimum Gasteiger partial charge on any atom is -0.348 e. The van der Waals surface area contributed by atoms with Crippen LogP contribution in [0.4, 0.5) is 0 Å². The standard InChI is InChI=1S/C18H22N4O2/c23-17(14-9-12-5-1-2-6-15(12)21-18(14)24)19-10-13-11-20-22-8-4-3-7-16(13)22/h9,11H,1-8,10H2,(H,19,23)(H,21,24). The Morgan fingerprint density at radius 2 is 2.04 bits per heavy atom. The van der Waals surface area contributed by atoms with E-state index in [2.05, 4.69) is 15.4 Å². The number of rotatable bonds is 3. The second kappa shape index (κ2) is 6.26. The van der Waals surface area contributed by atoms with Gasteiger partial charge in [0.15, 0.2) is 0 Å². The summed E-state index contributed by atoms with van der Waals surface area (Å²) in [7, 11) is 0. The van der Waals surface area contributed by atoms with Crippen molar-refractivity contribution in [1.29, 1.82) is 0 Å². The van der Waals surface area contributed by atoms with Gasteiger partial charge < -0.3 is 10.3 Å². The Bertz CT molecular complexity index is 834. The van der Waals surface area contributed by atoms with E-state index in [1.165, 1.54) is 5.69 Å². The minimum absolute atomic E-state index is 0.219. The number of aromatic amines is 1. The van der Waals surface area contributed by atoms with E-state index < -0.39 is 0 Å². The van der Waals surface area contributed by atoms with E-state index in [9.17, 15) is 9.59 Å². The number of aromatic nitrogens is 3. The average Bonchev–Trinajstić information content (AvgIpc) is 3.02. The van der Waals surface area contributed by atoms with Gasteiger partial charge in [-0.1, -0.05) is 0 Å². The van der Waals surface area contributed by atoms with Crippen LogP contribution in [0.25, 0.3) is 0 Å². The molecule has 1 amide bonds. The van der Waals surface area contributed by atoms with Gasteiger partial charge in [0.05, 0.1) is 6.20 Å². The first kappa shape index (κ1) is 15.2. The molecule has 6 nitrogen and oxygen atoms in total. The second-order valence-electron chi connectivity index (χ2n) is 6.70. The predicted molar refractivity (Wildman–Crippen MR) is 90.0 cm³/mol. The number of hydrogen-bond donors (Lipinski definition) is 2. The molecule has 2 aromatic heterocycles. The quantitative estimate of drug-likeness (QED) is 0.901. The van der Waals surface area contributed by atoms with Crippen LogP contribution in [0.1, 0.15) is 58.6 Å². The van der Waals surface area contributed by atoms with Gasteiger partial charge in [-0.15, -0.1) is 0 Å². The van der Waals surface area contributed by atoms with Crippen molar-refractivity contribution < 1.29 is 4.79 Å². The summed E-state index contributed by atoms with van der Waals surface area (Å²) in [6.45, 7) is 1.37. The number of carbonyl (C=O) groups excluding carboxylic acids is 1. The van der Waals surface area contributed by atoms with Crippen LogP contribution in [0.15, 0.2) is 17.1 Å². The highest BCUT2D eigenvalue weighted by molar-refractivity contribution is 5.94. The summed E-state index contributed by atoms with van der Waals surface area (Å²) in [5, 5.41) is 7.27. The van der Waals surface area contributed by atoms with Gasteiger partial charge >= 0.3 is 0 Å². The van der Waals surface area contributed by atoms with Crippen LogP contribution < -0.4 is 10.9 Å². The maximum atomic E-state index is 12.5. The molecule has 0 radical (unpaired) electrons. The topological polar surface area (TPSA) is 79.8 Å². The molecule has 2 aromatic rings. The smallest absolute Gasteiger partial charge is 0.261 e. The highest BCUT2D eigenvalue weighted by atomic mass is 16.2. The number of hydrogen-bond acceptors (Lipinski definition) is 3. The van der Waals surface area contributed by atoms with Crippen LogP contribution in [0.3, 0.4) is 0 Å². The van der Waals surface area contributed by atoms with Crippen molar-refractivity contribution in [2.75, 3.05) is 0 Å². The molecule has 1 aliphatic heterocycles. The lowest BCUT2D eigenvalue weighted by molar-refractivity contribution is 0.0949. The number of nitrogens with zero attached hydrogens (tertiary/aromatic N) is 2. The molecule has 6 heteroatoms. The molecule has 2 aliphatic rings. The highest BCUT2D eigenvalue weighted by Crippen LogP contribution is 2.19. The Balaban J connectivity index is 1.50. The van der Waals surface area contributed by atoms with Gasteiger partial charge in [0.2, 0.25) is 0 Å². The summed E-state index contributed by atoms with van der Waals surface area (Å²) in [6.07, 6.45) is 9.20. The third-order valence-corrected chi connectivity index (χ3v) is 5.09. The highest BCUT2D eigenvalue weighted by Gasteiger charge is 2.19. The van der Waals surface area contributed by atoms with Crippen molar-refractivity contribution in [2.24, 2.45) is 0 Å². The lowest BCUT2D eigenvalue weighted by Crippen LogP contribution is -2.31. The number of carbonyl (C=O) groups is 1. The van der Waals surface area contributed by atoms with Crippen molar-refractivity contribution >= 4 is 5.91 Å². The van der Waals surface area contributed by atoms with E-state index in [0.29, 0.717) is 6.54 Å². The van der Waals surface area contributed by atoms with Crippen LogP contribution in [0.2, 0.25) is 0 Å². The normalized spacial score (nSPS) is 16.3. The van der Waals surface area contributed by atoms with Gasteiger partial charge in [-0.3, -0.25) is 14.3 Å². The summed E-state index contributed by atoms with van der Waals surface area (Å²) in [6, 6.07) is 1.77. The molecule has 2 N–H and O–H groups in total. The fraction of sp³-hybridized carbons (Fsp3) is 0.500. The SMILES string of the molecule is O=C(NCc1cnn2c1CCCC2)c1cc2c([nH]c1=O)CCCC2. The zero-order valence-corrected chi connectivity index (χ0v) is 13.7. The van der Waals surface area contributed by atoms with Gasteiger partial charge in [-0.2, -0.15) is 5.10 Å². The Labute approximate surface area is 140 Å². The number of nitrogens with one attached hydrogen (secondary N) is 2. The first-order valence-electron chi connectivity index (χ1n) is 8.79. The fourth-order valence-corrected chi connectivity index (χ4v) is 3.75. The third kappa shape index (κ3) is 2.77. The van der Waals surface area contributed by atoms with Crippen molar-refractivity contribution in [2.45, 2.75) is 58.0 Å². The Morgan fingerprint density at radius 1 is 1.21 bits per heavy atom. The summed E-state index contributed by atoms with van der Waals surface area (Å²) in [5.41, 5.74) is 4.29. The minimum atomic E-state index is -0.305. The van der Waals surface area contributed by atoms with E-state index in [0.717, 1.165) is 68.3 Å². The van der Waals surface area contributed by atoms with E-state index in [1.54, 1.807) is 6.07 Å². The van der Waals surface area contributed by atoms with Gasteiger partial charge in [0.1, 0.15) is 5.56 Å². The number of aryl methyl sites for hydroxylation is 3. The Kier molecular flexibility index (Phi) is 3.96. The van der Waals surface area contributed by atoms with Gasteiger partial charge in [-0.25, -0.2) is 0 Å². The largest absolute Gasteiger partial charge is 0.348 e. The summed E-state index contributed by atoms with van der Waals surface area (Å²) >= 11 is 0. The molecule has 0 aromatic carbocycles. The maximum absolute atomic E-state index is 12.5. The number of amides is 1. The monoisotopic (exact) mass is 326 g/mol. The van der Waals surface area contributed by atoms with Crippen LogP contribution >= 0.6 is 0 Å². The van der Waals surface area contributed by atoms with Gasteiger partial charge in [0.25, 0.3) is 11.5 Å². The number of H-pyrrole nitrogens is 1. The summed E-state index contributed by atoms with van der Waals surface area (Å²) < 4.78 is 2.02. The first-order chi connectivity index (χ1) is 11.7. The van der Waals surface area contributed by atoms with Crippen molar-refractivity contribution in [1.82, 2.24) is 20.1 Å². The van der Waals surface area contributed by atoms with E-state index in [1.807, 2.05) is 10.9 Å². The van der Waals surface area contributed by atoms with Crippen LogP contribution in [-0.2, 0) is 32.4 Å². The molecule has 0 fully saturated rings. The van der Waals surface area contributed by atoms with Gasteiger partial charge in [0, 0.05) is 30.0 Å². The molecule has 24 heavy (non-hydrogen) atoms. The number of pyridine rings is 1. The molecule has 1 aliphatic carbocycles. The van der Waals surface area contributed by atoms with E-state index >= 15 is 0 Å². The zero-order chi connectivity index (χ0) is 16.5. The van der Waals surface area contributed by atoms with Crippen molar-refractivity contribution in [3.8, 4) is 0 Å². The molecule has 0 bridgehead atoms. The van der Waals surface area contributed by atoms with E-state index in [4.69, 9.17) is 0 Å². The maximum Gasteiger partial charge on any atom is 0.261 e. The fourth-order valence-electron chi connectivity index (χ4n) is 3.75. The third-order valence-electron chi connectivity index (χ3n) is 5.09. The summed E-state index contributed by atoms with van der Waals surface area (Å²) in [5.74, 6) is -0.305. The first-order valence-corrected chi connectivity index (χ1v) is 8.79. The van der Waals surface area contributed by atoms with Crippen LogP contribution in [0, 0.1) is 0 Å². The molecule has 3 heterocycles.